The van der Waals surface area contributed by atoms with E-state index in [-0.39, 0.29) is 18.9 Å². The van der Waals surface area contributed by atoms with Gasteiger partial charge in [-0.15, -0.1) is 11.3 Å². The van der Waals surface area contributed by atoms with Crippen LogP contribution in [0.4, 0.5) is 4.79 Å². The maximum Gasteiger partial charge on any atom is 0.325 e. The zero-order valence-electron chi connectivity index (χ0n) is 17.5. The number of urea groups is 1. The van der Waals surface area contributed by atoms with E-state index in [9.17, 15) is 14.4 Å². The van der Waals surface area contributed by atoms with E-state index in [4.69, 9.17) is 11.6 Å². The number of likely N-dealkylation sites (N-methyl/N-ethyl adjacent to an activating group) is 1. The summed E-state index contributed by atoms with van der Waals surface area (Å²) in [6.45, 7) is 0.0252. The molecule has 0 radical (unpaired) electrons. The number of carbonyl (C=O) groups is 3. The average Bonchev–Trinajstić information content (AvgIpc) is 3.31. The Morgan fingerprint density at radius 2 is 1.69 bits per heavy atom. The van der Waals surface area contributed by atoms with Crippen molar-refractivity contribution in [3.05, 3.63) is 93.1 Å². The molecule has 0 saturated carbocycles. The molecule has 1 atom stereocenters. The lowest BCUT2D eigenvalue weighted by molar-refractivity contribution is -0.138. The third-order valence-corrected chi connectivity index (χ3v) is 6.71. The van der Waals surface area contributed by atoms with Crippen LogP contribution in [0, 0.1) is 0 Å². The minimum Gasteiger partial charge on any atom is -0.339 e. The standard InChI is InChI=1S/C24H22ClN3O3S/c1-27(15-19-12-13-20(25)32-19)21(29)16-28-22(30)24(26-23(28)31,18-10-6-3-7-11-18)14-17-8-4-2-5-9-17/h2-13H,14-16H2,1H3,(H,26,31)/t24-/m1/s1. The summed E-state index contributed by atoms with van der Waals surface area (Å²) in [7, 11) is 1.64. The molecular formula is C24H22ClN3O3S. The Kier molecular flexibility index (Phi) is 6.30. The molecule has 6 nitrogen and oxygen atoms in total. The Hall–Kier alpha value is -3.16. The highest BCUT2D eigenvalue weighted by atomic mass is 35.5. The van der Waals surface area contributed by atoms with Crippen LogP contribution in [-0.4, -0.2) is 41.2 Å². The van der Waals surface area contributed by atoms with Crippen molar-refractivity contribution in [1.82, 2.24) is 15.1 Å². The first-order valence-electron chi connectivity index (χ1n) is 10.1. The summed E-state index contributed by atoms with van der Waals surface area (Å²) in [6.07, 6.45) is 0.288. The zero-order valence-corrected chi connectivity index (χ0v) is 19.0. The first-order chi connectivity index (χ1) is 15.4. The van der Waals surface area contributed by atoms with Crippen LogP contribution in [0.15, 0.2) is 72.8 Å². The van der Waals surface area contributed by atoms with Crippen LogP contribution in [0.1, 0.15) is 16.0 Å². The quantitative estimate of drug-likeness (QED) is 0.533. The van der Waals surface area contributed by atoms with E-state index in [1.807, 2.05) is 66.7 Å². The molecule has 1 N–H and O–H groups in total. The fourth-order valence-electron chi connectivity index (χ4n) is 3.83. The molecule has 4 rings (SSSR count). The summed E-state index contributed by atoms with van der Waals surface area (Å²) < 4.78 is 0.642. The first kappa shape index (κ1) is 22.0. The summed E-state index contributed by atoms with van der Waals surface area (Å²) >= 11 is 7.35. The third-order valence-electron chi connectivity index (χ3n) is 5.50. The number of halogens is 1. The number of imide groups is 1. The molecule has 2 aromatic carbocycles. The highest BCUT2D eigenvalue weighted by Gasteiger charge is 2.52. The van der Waals surface area contributed by atoms with E-state index in [2.05, 4.69) is 5.32 Å². The topological polar surface area (TPSA) is 69.7 Å². The van der Waals surface area contributed by atoms with Crippen molar-refractivity contribution < 1.29 is 14.4 Å². The van der Waals surface area contributed by atoms with E-state index in [0.717, 1.165) is 15.3 Å². The van der Waals surface area contributed by atoms with Gasteiger partial charge in [-0.3, -0.25) is 14.5 Å². The van der Waals surface area contributed by atoms with Crippen molar-refractivity contribution in [2.45, 2.75) is 18.5 Å². The second-order valence-corrected chi connectivity index (χ2v) is 9.51. The van der Waals surface area contributed by atoms with Crippen molar-refractivity contribution in [1.29, 1.82) is 0 Å². The molecule has 1 aliphatic rings. The van der Waals surface area contributed by atoms with Crippen molar-refractivity contribution in [2.24, 2.45) is 0 Å². The maximum atomic E-state index is 13.6. The number of thiophene rings is 1. The Balaban J connectivity index is 1.57. The van der Waals surface area contributed by atoms with Crippen molar-refractivity contribution in [3.63, 3.8) is 0 Å². The number of rotatable bonds is 7. The van der Waals surface area contributed by atoms with Crippen LogP contribution < -0.4 is 5.32 Å². The maximum absolute atomic E-state index is 13.6. The normalized spacial score (nSPS) is 18.0. The van der Waals surface area contributed by atoms with Gasteiger partial charge in [-0.2, -0.15) is 0 Å². The monoisotopic (exact) mass is 467 g/mol. The first-order valence-corrected chi connectivity index (χ1v) is 11.3. The van der Waals surface area contributed by atoms with Crippen LogP contribution in [-0.2, 0) is 28.1 Å². The van der Waals surface area contributed by atoms with E-state index in [1.54, 1.807) is 13.1 Å². The number of carbonyl (C=O) groups excluding carboxylic acids is 3. The summed E-state index contributed by atoms with van der Waals surface area (Å²) in [6, 6.07) is 21.7. The SMILES string of the molecule is CN(Cc1ccc(Cl)s1)C(=O)CN1C(=O)N[C@](Cc2ccccc2)(c2ccccc2)C1=O. The number of hydrogen-bond acceptors (Lipinski definition) is 4. The van der Waals surface area contributed by atoms with Gasteiger partial charge < -0.3 is 10.2 Å². The predicted octanol–water partition coefficient (Wildman–Crippen LogP) is 4.05. The largest absolute Gasteiger partial charge is 0.339 e. The smallest absolute Gasteiger partial charge is 0.325 e. The van der Waals surface area contributed by atoms with E-state index >= 15 is 0 Å². The summed E-state index contributed by atoms with van der Waals surface area (Å²) in [4.78, 5) is 42.8. The molecule has 1 fully saturated rings. The van der Waals surface area contributed by atoms with Gasteiger partial charge in [0.25, 0.3) is 5.91 Å². The van der Waals surface area contributed by atoms with Gasteiger partial charge in [0.15, 0.2) is 5.54 Å². The molecule has 8 heteroatoms. The van der Waals surface area contributed by atoms with Crippen LogP contribution in [0.5, 0.6) is 0 Å². The summed E-state index contributed by atoms with van der Waals surface area (Å²) in [5.41, 5.74) is 0.323. The van der Waals surface area contributed by atoms with Crippen molar-refractivity contribution >= 4 is 40.8 Å². The number of hydrogen-bond donors (Lipinski definition) is 1. The van der Waals surface area contributed by atoms with E-state index < -0.39 is 17.5 Å². The van der Waals surface area contributed by atoms with E-state index in [1.165, 1.54) is 16.2 Å². The van der Waals surface area contributed by atoms with Crippen molar-refractivity contribution in [2.75, 3.05) is 13.6 Å². The minimum absolute atomic E-state index is 0.288. The number of nitrogens with one attached hydrogen (secondary N) is 1. The molecule has 4 amide bonds. The molecule has 0 spiro atoms. The van der Waals surface area contributed by atoms with Crippen molar-refractivity contribution in [3.8, 4) is 0 Å². The molecule has 32 heavy (non-hydrogen) atoms. The molecule has 1 saturated heterocycles. The molecule has 0 aliphatic carbocycles. The molecule has 1 aliphatic heterocycles. The van der Waals surface area contributed by atoms with Gasteiger partial charge in [-0.1, -0.05) is 72.3 Å². The third kappa shape index (κ3) is 4.40. The molecular weight excluding hydrogens is 446 g/mol. The highest BCUT2D eigenvalue weighted by Crippen LogP contribution is 2.33. The van der Waals surface area contributed by atoms with Crippen LogP contribution in [0.25, 0.3) is 0 Å². The zero-order chi connectivity index (χ0) is 22.7. The van der Waals surface area contributed by atoms with Gasteiger partial charge in [0.05, 0.1) is 10.9 Å². The minimum atomic E-state index is -1.26. The van der Waals surface area contributed by atoms with Gasteiger partial charge in [-0.05, 0) is 23.3 Å². The molecule has 3 aromatic rings. The van der Waals surface area contributed by atoms with E-state index in [0.29, 0.717) is 16.4 Å². The Bertz CT molecular complexity index is 1140. The Labute approximate surface area is 195 Å². The Morgan fingerprint density at radius 3 is 2.31 bits per heavy atom. The van der Waals surface area contributed by atoms with Gasteiger partial charge >= 0.3 is 6.03 Å². The summed E-state index contributed by atoms with van der Waals surface area (Å²) in [5, 5.41) is 2.88. The second-order valence-electron chi connectivity index (χ2n) is 7.71. The lowest BCUT2D eigenvalue weighted by Crippen LogP contribution is -2.47. The molecule has 0 bridgehead atoms. The van der Waals surface area contributed by atoms with Gasteiger partial charge in [-0.25, -0.2) is 4.79 Å². The lowest BCUT2D eigenvalue weighted by atomic mass is 9.83. The molecule has 1 aromatic heterocycles. The summed E-state index contributed by atoms with van der Waals surface area (Å²) in [5.74, 6) is -0.764. The Morgan fingerprint density at radius 1 is 1.03 bits per heavy atom. The number of benzene rings is 2. The van der Waals surface area contributed by atoms with Crippen LogP contribution in [0.3, 0.4) is 0 Å². The van der Waals surface area contributed by atoms with Gasteiger partial charge in [0, 0.05) is 18.3 Å². The predicted molar refractivity (Wildman–Crippen MR) is 124 cm³/mol. The lowest BCUT2D eigenvalue weighted by Gasteiger charge is -2.28. The average molecular weight is 468 g/mol. The van der Waals surface area contributed by atoms with Gasteiger partial charge in [0.1, 0.15) is 6.54 Å². The fraction of sp³-hybridized carbons (Fsp3) is 0.208. The number of amides is 4. The second kappa shape index (κ2) is 9.14. The van der Waals surface area contributed by atoms with Crippen LogP contribution in [0.2, 0.25) is 4.34 Å². The molecule has 2 heterocycles. The molecule has 0 unspecified atom stereocenters. The fourth-order valence-corrected chi connectivity index (χ4v) is 4.97. The highest BCUT2D eigenvalue weighted by molar-refractivity contribution is 7.16. The van der Waals surface area contributed by atoms with Gasteiger partial charge in [0.2, 0.25) is 5.91 Å². The van der Waals surface area contributed by atoms with Crippen LogP contribution >= 0.6 is 22.9 Å². The molecule has 164 valence electrons. The number of nitrogens with zero attached hydrogens (tertiary/aromatic N) is 2.